The largest absolute Gasteiger partial charge is 0.375 e. The van der Waals surface area contributed by atoms with Crippen molar-refractivity contribution < 1.29 is 43.9 Å². The van der Waals surface area contributed by atoms with Gasteiger partial charge in [-0.1, -0.05) is 24.3 Å². The Morgan fingerprint density at radius 3 is 1.86 bits per heavy atom. The van der Waals surface area contributed by atoms with Crippen LogP contribution in [0, 0.1) is 0 Å². The summed E-state index contributed by atoms with van der Waals surface area (Å²) in [6.45, 7) is -0.284. The van der Waals surface area contributed by atoms with Gasteiger partial charge >= 0.3 is 0 Å². The molecular weight excluding hydrogens is 524 g/mol. The van der Waals surface area contributed by atoms with Crippen LogP contribution in [0.25, 0.3) is 12.2 Å². The van der Waals surface area contributed by atoms with Crippen LogP contribution in [0.3, 0.4) is 0 Å². The Morgan fingerprint density at radius 2 is 1.40 bits per heavy atom. The van der Waals surface area contributed by atoms with E-state index in [1.54, 1.807) is 0 Å². The summed E-state index contributed by atoms with van der Waals surface area (Å²) in [4.78, 5) is 10.5. The monoisotopic (exact) mass is 546 g/mol. The van der Waals surface area contributed by atoms with E-state index < -0.39 is 51.2 Å². The first-order valence-corrected chi connectivity index (χ1v) is 14.3. The lowest BCUT2D eigenvalue weighted by Gasteiger charge is -2.11. The van der Waals surface area contributed by atoms with Crippen molar-refractivity contribution in [3.05, 3.63) is 47.5 Å². The first-order valence-electron chi connectivity index (χ1n) is 9.92. The number of benzene rings is 2. The molecule has 35 heavy (non-hydrogen) atoms. The lowest BCUT2D eigenvalue weighted by atomic mass is 10.1. The predicted octanol–water partition coefficient (Wildman–Crippen LogP) is 1.84. The first kappa shape index (κ1) is 26.8. The van der Waals surface area contributed by atoms with Crippen LogP contribution in [0.15, 0.2) is 46.2 Å². The van der Waals surface area contributed by atoms with Gasteiger partial charge in [0.1, 0.15) is 16.4 Å². The number of ether oxygens (including phenoxy) is 1. The van der Waals surface area contributed by atoms with Gasteiger partial charge in [-0.2, -0.15) is 16.8 Å². The summed E-state index contributed by atoms with van der Waals surface area (Å²) in [6.07, 6.45) is 3.32. The Kier molecular flexibility index (Phi) is 7.68. The van der Waals surface area contributed by atoms with Gasteiger partial charge in [0.2, 0.25) is 15.9 Å². The molecule has 2 aromatic carbocycles. The Balaban J connectivity index is 1.98. The molecule has 0 heterocycles. The fourth-order valence-electron chi connectivity index (χ4n) is 3.07. The van der Waals surface area contributed by atoms with Gasteiger partial charge in [-0.05, 0) is 48.2 Å². The third kappa shape index (κ3) is 7.09. The fraction of sp³-hybridized carbons (Fsp3) is 0.250. The van der Waals surface area contributed by atoms with Crippen LogP contribution < -0.4 is 10.0 Å². The minimum Gasteiger partial charge on any atom is -0.375 e. The molecule has 0 saturated heterocycles. The van der Waals surface area contributed by atoms with Crippen LogP contribution in [0.2, 0.25) is 0 Å². The third-order valence-electron chi connectivity index (χ3n) is 4.81. The number of anilines is 2. The van der Waals surface area contributed by atoms with E-state index >= 15 is 0 Å². The number of hydrogen-bond acceptors (Lipinski definition) is 8. The Morgan fingerprint density at radius 1 is 0.914 bits per heavy atom. The molecule has 0 unspecified atom stereocenters. The molecule has 190 valence electrons. The van der Waals surface area contributed by atoms with Crippen LogP contribution in [0.1, 0.15) is 24.0 Å². The van der Waals surface area contributed by atoms with E-state index in [4.69, 9.17) is 0 Å². The molecular formula is C20H22N2O10S3. The van der Waals surface area contributed by atoms with E-state index in [0.717, 1.165) is 18.2 Å². The summed E-state index contributed by atoms with van der Waals surface area (Å²) in [7, 11) is -11.9. The first-order chi connectivity index (χ1) is 16.2. The van der Waals surface area contributed by atoms with Crippen LogP contribution in [0.4, 0.5) is 11.4 Å². The molecule has 1 aliphatic rings. The number of carbonyl (C=O) groups is 1. The quantitative estimate of drug-likeness (QED) is 0.252. The number of rotatable bonds is 10. The molecule has 0 bridgehead atoms. The highest BCUT2D eigenvalue weighted by Crippen LogP contribution is 2.31. The SMILES string of the molecule is COCC(=O)Nc1ccc(C=Cc2ccc(NS(=O)(=O)C3CC3)cc2S(=O)(=O)O)c(S(=O)(=O)O)c1. The van der Waals surface area contributed by atoms with E-state index in [1.165, 1.54) is 37.5 Å². The van der Waals surface area contributed by atoms with Crippen LogP contribution in [-0.2, 0) is 39.8 Å². The van der Waals surface area contributed by atoms with Gasteiger partial charge in [0.25, 0.3) is 20.2 Å². The van der Waals surface area contributed by atoms with Crippen molar-refractivity contribution in [2.24, 2.45) is 0 Å². The molecule has 4 N–H and O–H groups in total. The highest BCUT2D eigenvalue weighted by atomic mass is 32.2. The maximum absolute atomic E-state index is 12.1. The van der Waals surface area contributed by atoms with Crippen molar-refractivity contribution in [1.29, 1.82) is 0 Å². The van der Waals surface area contributed by atoms with E-state index in [1.807, 2.05) is 0 Å². The van der Waals surface area contributed by atoms with Crippen molar-refractivity contribution in [1.82, 2.24) is 0 Å². The van der Waals surface area contributed by atoms with Crippen LogP contribution in [-0.4, -0.2) is 59.2 Å². The molecule has 12 nitrogen and oxygen atoms in total. The minimum absolute atomic E-state index is 0.0581. The van der Waals surface area contributed by atoms with Gasteiger partial charge < -0.3 is 10.1 Å². The summed E-state index contributed by atoms with van der Waals surface area (Å²) in [5.74, 6) is -0.563. The topological polar surface area (TPSA) is 193 Å². The smallest absolute Gasteiger partial charge is 0.295 e. The Labute approximate surface area is 202 Å². The lowest BCUT2D eigenvalue weighted by molar-refractivity contribution is -0.119. The molecule has 1 aliphatic carbocycles. The standard InChI is InChI=1S/C20H22N2O10S3/c1-32-12-20(23)21-15-6-4-13(18(10-15)34(26,27)28)2-3-14-5-7-16(11-19(14)35(29,30)31)22-33(24,25)17-8-9-17/h2-7,10-11,17,22H,8-9,12H2,1H3,(H,21,23)(H,26,27,28)(H,29,30,31). The van der Waals surface area contributed by atoms with Crippen molar-refractivity contribution in [2.75, 3.05) is 23.8 Å². The fourth-order valence-corrected chi connectivity index (χ4v) is 5.86. The summed E-state index contributed by atoms with van der Waals surface area (Å²) < 4.78 is 98.0. The number of hydrogen-bond donors (Lipinski definition) is 4. The molecule has 1 amide bonds. The summed E-state index contributed by atoms with van der Waals surface area (Å²) in [6, 6.07) is 7.05. The van der Waals surface area contributed by atoms with Crippen molar-refractivity contribution in [3.8, 4) is 0 Å². The number of carbonyl (C=O) groups excluding carboxylic acids is 1. The van der Waals surface area contributed by atoms with Gasteiger partial charge in [-0.25, -0.2) is 8.42 Å². The normalized spacial score (nSPS) is 14.7. The number of methoxy groups -OCH3 is 1. The van der Waals surface area contributed by atoms with Gasteiger partial charge in [0.05, 0.1) is 5.25 Å². The number of amides is 1. The van der Waals surface area contributed by atoms with Crippen molar-refractivity contribution in [2.45, 2.75) is 27.9 Å². The molecule has 2 aromatic rings. The van der Waals surface area contributed by atoms with E-state index in [-0.39, 0.29) is 29.1 Å². The average Bonchev–Trinajstić information content (AvgIpc) is 3.58. The Bertz CT molecular complexity index is 1490. The zero-order valence-electron chi connectivity index (χ0n) is 18.2. The molecule has 0 aliphatic heterocycles. The van der Waals surface area contributed by atoms with Gasteiger partial charge in [-0.3, -0.25) is 18.6 Å². The third-order valence-corrected chi connectivity index (χ3v) is 8.50. The Hall–Kier alpha value is -2.82. The molecule has 0 spiro atoms. The summed E-state index contributed by atoms with van der Waals surface area (Å²) in [5, 5.41) is 1.83. The maximum Gasteiger partial charge on any atom is 0.295 e. The molecule has 3 rings (SSSR count). The molecule has 1 saturated carbocycles. The second kappa shape index (κ2) is 10.0. The van der Waals surface area contributed by atoms with Crippen LogP contribution >= 0.6 is 0 Å². The number of nitrogens with one attached hydrogen (secondary N) is 2. The van der Waals surface area contributed by atoms with E-state index in [0.29, 0.717) is 12.8 Å². The van der Waals surface area contributed by atoms with E-state index in [2.05, 4.69) is 14.8 Å². The highest BCUT2D eigenvalue weighted by molar-refractivity contribution is 7.93. The molecule has 0 aromatic heterocycles. The van der Waals surface area contributed by atoms with Gasteiger partial charge in [-0.15, -0.1) is 0 Å². The maximum atomic E-state index is 12.1. The summed E-state index contributed by atoms with van der Waals surface area (Å²) >= 11 is 0. The number of sulfonamides is 1. The zero-order valence-corrected chi connectivity index (χ0v) is 20.7. The van der Waals surface area contributed by atoms with Crippen molar-refractivity contribution in [3.63, 3.8) is 0 Å². The van der Waals surface area contributed by atoms with Crippen molar-refractivity contribution >= 4 is 59.7 Å². The molecule has 0 atom stereocenters. The minimum atomic E-state index is -4.80. The zero-order chi connectivity index (χ0) is 26.0. The van der Waals surface area contributed by atoms with Gasteiger partial charge in [0.15, 0.2) is 0 Å². The summed E-state index contributed by atoms with van der Waals surface area (Å²) in [5.41, 5.74) is -0.156. The second-order valence-electron chi connectivity index (χ2n) is 7.62. The van der Waals surface area contributed by atoms with Crippen LogP contribution in [0.5, 0.6) is 0 Å². The second-order valence-corrected chi connectivity index (χ2v) is 12.4. The average molecular weight is 547 g/mol. The molecule has 15 heteroatoms. The predicted molar refractivity (Wildman–Crippen MR) is 128 cm³/mol. The molecule has 1 fully saturated rings. The highest BCUT2D eigenvalue weighted by Gasteiger charge is 2.35. The van der Waals surface area contributed by atoms with E-state index in [9.17, 15) is 39.2 Å². The lowest BCUT2D eigenvalue weighted by Crippen LogP contribution is -2.17. The van der Waals surface area contributed by atoms with Gasteiger partial charge in [0, 0.05) is 18.5 Å². The molecule has 0 radical (unpaired) electrons.